The molecule has 1 heterocycles. The Kier molecular flexibility index (Phi) is 7.14. The molecule has 1 fully saturated rings. The van der Waals surface area contributed by atoms with Gasteiger partial charge < -0.3 is 9.47 Å². The predicted molar refractivity (Wildman–Crippen MR) is 115 cm³/mol. The van der Waals surface area contributed by atoms with Gasteiger partial charge in [-0.25, -0.2) is 8.42 Å². The predicted octanol–water partition coefficient (Wildman–Crippen LogP) is 3.15. The zero-order valence-corrected chi connectivity index (χ0v) is 18.1. The molecule has 0 N–H and O–H groups in total. The van der Waals surface area contributed by atoms with Crippen LogP contribution in [0.3, 0.4) is 0 Å². The van der Waals surface area contributed by atoms with E-state index in [-0.39, 0.29) is 24.2 Å². The highest BCUT2D eigenvalue weighted by Crippen LogP contribution is 2.29. The van der Waals surface area contributed by atoms with Gasteiger partial charge in [-0.1, -0.05) is 43.7 Å². The molecule has 0 radical (unpaired) electrons. The van der Waals surface area contributed by atoms with Crippen molar-refractivity contribution >= 4 is 15.9 Å². The van der Waals surface area contributed by atoms with Crippen molar-refractivity contribution < 1.29 is 13.2 Å². The standard InChI is InChI=1S/C22H31N3O3S/c1-3-4-15-24(29(27,28)18-19-9-6-5-7-10-19)17-22(26)25(20-12-13-20)16-21-11-8-14-23(21)2/h5-11,14,20H,3-4,12-13,15-18H2,1-2H3. The minimum absolute atomic E-state index is 0.0773. The number of carbonyl (C=O) groups excluding carboxylic acids is 1. The number of hydrogen-bond acceptors (Lipinski definition) is 3. The molecule has 2 aromatic rings. The molecule has 0 atom stereocenters. The summed E-state index contributed by atoms with van der Waals surface area (Å²) in [7, 11) is -1.61. The first-order valence-corrected chi connectivity index (χ1v) is 11.9. The summed E-state index contributed by atoms with van der Waals surface area (Å²) in [6.07, 6.45) is 5.55. The van der Waals surface area contributed by atoms with Gasteiger partial charge in [-0.05, 0) is 37.0 Å². The van der Waals surface area contributed by atoms with Gasteiger partial charge in [0.2, 0.25) is 15.9 Å². The lowest BCUT2D eigenvalue weighted by Crippen LogP contribution is -2.44. The molecule has 3 rings (SSSR count). The van der Waals surface area contributed by atoms with Gasteiger partial charge in [0.25, 0.3) is 0 Å². The van der Waals surface area contributed by atoms with Crippen molar-refractivity contribution in [1.82, 2.24) is 13.8 Å². The first-order valence-electron chi connectivity index (χ1n) is 10.3. The van der Waals surface area contributed by atoms with Crippen LogP contribution in [0.4, 0.5) is 0 Å². The molecule has 158 valence electrons. The van der Waals surface area contributed by atoms with Crippen LogP contribution < -0.4 is 0 Å². The monoisotopic (exact) mass is 417 g/mol. The first-order chi connectivity index (χ1) is 13.9. The average molecular weight is 418 g/mol. The molecule has 7 heteroatoms. The van der Waals surface area contributed by atoms with Crippen LogP contribution >= 0.6 is 0 Å². The number of benzene rings is 1. The fraction of sp³-hybridized carbons (Fsp3) is 0.500. The molecule has 29 heavy (non-hydrogen) atoms. The molecule has 0 aliphatic heterocycles. The minimum Gasteiger partial charge on any atom is -0.353 e. The number of carbonyl (C=O) groups is 1. The largest absolute Gasteiger partial charge is 0.353 e. The molecule has 1 saturated carbocycles. The van der Waals surface area contributed by atoms with Gasteiger partial charge in [-0.15, -0.1) is 0 Å². The van der Waals surface area contributed by atoms with Crippen LogP contribution in [-0.4, -0.2) is 47.2 Å². The van der Waals surface area contributed by atoms with Crippen LogP contribution in [0.5, 0.6) is 0 Å². The van der Waals surface area contributed by atoms with E-state index in [1.165, 1.54) is 4.31 Å². The zero-order valence-electron chi connectivity index (χ0n) is 17.3. The minimum atomic E-state index is -3.57. The third-order valence-corrected chi connectivity index (χ3v) is 7.15. The average Bonchev–Trinajstić information content (AvgIpc) is 3.45. The van der Waals surface area contributed by atoms with E-state index in [9.17, 15) is 13.2 Å². The summed E-state index contributed by atoms with van der Waals surface area (Å²) in [6, 6.07) is 13.3. The molecule has 1 aromatic carbocycles. The molecular formula is C22H31N3O3S. The second kappa shape index (κ2) is 9.59. The van der Waals surface area contributed by atoms with E-state index >= 15 is 0 Å². The van der Waals surface area contributed by atoms with Crippen LogP contribution in [0.1, 0.15) is 43.9 Å². The number of amides is 1. The van der Waals surface area contributed by atoms with Crippen molar-refractivity contribution in [2.45, 2.75) is 50.9 Å². The van der Waals surface area contributed by atoms with E-state index in [2.05, 4.69) is 0 Å². The maximum absolute atomic E-state index is 13.1. The summed E-state index contributed by atoms with van der Waals surface area (Å²) in [6.45, 7) is 2.83. The Morgan fingerprint density at radius 3 is 2.45 bits per heavy atom. The van der Waals surface area contributed by atoms with Crippen molar-refractivity contribution in [2.75, 3.05) is 13.1 Å². The van der Waals surface area contributed by atoms with Gasteiger partial charge in [0.1, 0.15) is 0 Å². The fourth-order valence-corrected chi connectivity index (χ4v) is 4.92. The summed E-state index contributed by atoms with van der Waals surface area (Å²) in [5.74, 6) is -0.187. The zero-order chi connectivity index (χ0) is 20.9. The third kappa shape index (κ3) is 5.93. The molecule has 0 saturated heterocycles. The lowest BCUT2D eigenvalue weighted by molar-refractivity contribution is -0.132. The summed E-state index contributed by atoms with van der Waals surface area (Å²) < 4.78 is 29.5. The van der Waals surface area contributed by atoms with Crippen LogP contribution in [-0.2, 0) is 34.2 Å². The number of aromatic nitrogens is 1. The maximum Gasteiger partial charge on any atom is 0.238 e. The van der Waals surface area contributed by atoms with Crippen LogP contribution in [0, 0.1) is 0 Å². The first kappa shape index (κ1) is 21.6. The van der Waals surface area contributed by atoms with E-state index < -0.39 is 10.0 Å². The molecular weight excluding hydrogens is 386 g/mol. The Balaban J connectivity index is 1.73. The molecule has 1 aliphatic carbocycles. The lowest BCUT2D eigenvalue weighted by atomic mass is 10.2. The summed E-state index contributed by atoms with van der Waals surface area (Å²) in [5.41, 5.74) is 1.79. The van der Waals surface area contributed by atoms with Crippen molar-refractivity contribution in [2.24, 2.45) is 7.05 Å². The number of aryl methyl sites for hydroxylation is 1. The van der Waals surface area contributed by atoms with Gasteiger partial charge in [0.05, 0.1) is 18.8 Å². The van der Waals surface area contributed by atoms with Gasteiger partial charge in [0.15, 0.2) is 0 Å². The second-order valence-corrected chi connectivity index (χ2v) is 9.76. The number of rotatable bonds is 11. The van der Waals surface area contributed by atoms with E-state index in [1.807, 2.05) is 72.1 Å². The Morgan fingerprint density at radius 1 is 1.14 bits per heavy atom. The van der Waals surface area contributed by atoms with Gasteiger partial charge >= 0.3 is 0 Å². The molecule has 0 spiro atoms. The highest BCUT2D eigenvalue weighted by Gasteiger charge is 2.35. The molecule has 0 unspecified atom stereocenters. The van der Waals surface area contributed by atoms with Gasteiger partial charge in [0, 0.05) is 31.5 Å². The molecule has 1 aliphatic rings. The summed E-state index contributed by atoms with van der Waals surface area (Å²) >= 11 is 0. The summed E-state index contributed by atoms with van der Waals surface area (Å²) in [5, 5.41) is 0. The molecule has 0 bridgehead atoms. The Morgan fingerprint density at radius 2 is 1.86 bits per heavy atom. The number of hydrogen-bond donors (Lipinski definition) is 0. The fourth-order valence-electron chi connectivity index (χ4n) is 3.41. The normalized spacial score (nSPS) is 14.3. The van der Waals surface area contributed by atoms with Crippen molar-refractivity contribution in [3.8, 4) is 0 Å². The number of nitrogens with zero attached hydrogens (tertiary/aromatic N) is 3. The maximum atomic E-state index is 13.1. The van der Waals surface area contributed by atoms with E-state index in [0.29, 0.717) is 13.1 Å². The lowest BCUT2D eigenvalue weighted by Gasteiger charge is -2.27. The Bertz CT molecular complexity index is 904. The highest BCUT2D eigenvalue weighted by atomic mass is 32.2. The topological polar surface area (TPSA) is 62.6 Å². The van der Waals surface area contributed by atoms with Crippen molar-refractivity contribution in [1.29, 1.82) is 0 Å². The second-order valence-electron chi connectivity index (χ2n) is 7.79. The SMILES string of the molecule is CCCCN(CC(=O)N(Cc1cccn1C)C1CC1)S(=O)(=O)Cc1ccccc1. The smallest absolute Gasteiger partial charge is 0.238 e. The Hall–Kier alpha value is -2.12. The van der Waals surface area contributed by atoms with E-state index in [1.54, 1.807) is 0 Å². The summed E-state index contributed by atoms with van der Waals surface area (Å²) in [4.78, 5) is 15.0. The van der Waals surface area contributed by atoms with Gasteiger partial charge in [-0.3, -0.25) is 4.79 Å². The van der Waals surface area contributed by atoms with Crippen LogP contribution in [0.15, 0.2) is 48.7 Å². The van der Waals surface area contributed by atoms with Crippen molar-refractivity contribution in [3.05, 3.63) is 59.9 Å². The number of unbranched alkanes of at least 4 members (excludes halogenated alkanes) is 1. The molecule has 6 nitrogen and oxygen atoms in total. The molecule has 1 amide bonds. The third-order valence-electron chi connectivity index (χ3n) is 5.35. The van der Waals surface area contributed by atoms with E-state index in [0.717, 1.165) is 36.9 Å². The van der Waals surface area contributed by atoms with Crippen LogP contribution in [0.2, 0.25) is 0 Å². The number of sulfonamides is 1. The van der Waals surface area contributed by atoms with Crippen LogP contribution in [0.25, 0.3) is 0 Å². The van der Waals surface area contributed by atoms with E-state index in [4.69, 9.17) is 0 Å². The van der Waals surface area contributed by atoms with Crippen molar-refractivity contribution in [3.63, 3.8) is 0 Å². The Labute approximate surface area is 174 Å². The quantitative estimate of drug-likeness (QED) is 0.564. The van der Waals surface area contributed by atoms with Gasteiger partial charge in [-0.2, -0.15) is 4.31 Å². The highest BCUT2D eigenvalue weighted by molar-refractivity contribution is 7.88. The molecule has 1 aromatic heterocycles.